The Balaban J connectivity index is 4.24. The van der Waals surface area contributed by atoms with Gasteiger partial charge in [-0.1, -0.05) is 0 Å². The molecule has 0 aromatic rings. The van der Waals surface area contributed by atoms with Gasteiger partial charge in [-0.25, -0.2) is 0 Å². The zero-order valence-electron chi connectivity index (χ0n) is 10.1. The molecule has 0 rings (SSSR count). The van der Waals surface area contributed by atoms with E-state index < -0.39 is 11.6 Å². The van der Waals surface area contributed by atoms with Crippen molar-refractivity contribution in [1.29, 1.82) is 0 Å². The van der Waals surface area contributed by atoms with Gasteiger partial charge in [-0.05, 0) is 34.7 Å². The third-order valence-corrected chi connectivity index (χ3v) is 2.28. The standard InChI is InChI=1S/C10H21N3O2/c1-6-12-8(14)7(2)13-9(15)10(3,4)11-5/h7,11H,6H2,1-5H3,(H,12,14)(H,13,15). The van der Waals surface area contributed by atoms with E-state index in [-0.39, 0.29) is 11.8 Å². The first-order valence-electron chi connectivity index (χ1n) is 5.12. The molecule has 0 aliphatic carbocycles. The predicted octanol–water partition coefficient (Wildman–Crippen LogP) is -0.375. The van der Waals surface area contributed by atoms with Gasteiger partial charge in [0.05, 0.1) is 5.54 Å². The van der Waals surface area contributed by atoms with Crippen molar-refractivity contribution in [2.45, 2.75) is 39.3 Å². The average Bonchev–Trinajstić information content (AvgIpc) is 2.17. The van der Waals surface area contributed by atoms with Crippen molar-refractivity contribution in [2.75, 3.05) is 13.6 Å². The van der Waals surface area contributed by atoms with Gasteiger partial charge in [0.25, 0.3) is 0 Å². The number of hydrogen-bond acceptors (Lipinski definition) is 3. The molecule has 5 nitrogen and oxygen atoms in total. The fourth-order valence-electron chi connectivity index (χ4n) is 0.883. The van der Waals surface area contributed by atoms with Gasteiger partial charge in [0, 0.05) is 6.54 Å². The lowest BCUT2D eigenvalue weighted by atomic mass is 10.0. The van der Waals surface area contributed by atoms with E-state index in [0.29, 0.717) is 6.54 Å². The number of nitrogens with one attached hydrogen (secondary N) is 3. The summed E-state index contributed by atoms with van der Waals surface area (Å²) in [5.41, 5.74) is -0.666. The van der Waals surface area contributed by atoms with Crippen LogP contribution in [0.25, 0.3) is 0 Å². The van der Waals surface area contributed by atoms with Crippen molar-refractivity contribution >= 4 is 11.8 Å². The van der Waals surface area contributed by atoms with Crippen LogP contribution in [0.1, 0.15) is 27.7 Å². The first kappa shape index (κ1) is 13.9. The molecule has 0 aliphatic rings. The molecule has 88 valence electrons. The Kier molecular flexibility index (Phi) is 5.28. The Morgan fingerprint density at radius 3 is 2.27 bits per heavy atom. The van der Waals surface area contributed by atoms with E-state index in [1.165, 1.54) is 0 Å². The predicted molar refractivity (Wildman–Crippen MR) is 59.4 cm³/mol. The van der Waals surface area contributed by atoms with E-state index in [0.717, 1.165) is 0 Å². The van der Waals surface area contributed by atoms with Crippen molar-refractivity contribution in [1.82, 2.24) is 16.0 Å². The highest BCUT2D eigenvalue weighted by Crippen LogP contribution is 2.00. The summed E-state index contributed by atoms with van der Waals surface area (Å²) in [5, 5.41) is 8.16. The van der Waals surface area contributed by atoms with Crippen LogP contribution in [0.15, 0.2) is 0 Å². The van der Waals surface area contributed by atoms with Crippen molar-refractivity contribution in [3.8, 4) is 0 Å². The van der Waals surface area contributed by atoms with Gasteiger partial charge in [0.1, 0.15) is 6.04 Å². The molecule has 0 fully saturated rings. The Morgan fingerprint density at radius 1 is 1.33 bits per heavy atom. The summed E-state index contributed by atoms with van der Waals surface area (Å²) in [7, 11) is 1.70. The van der Waals surface area contributed by atoms with Gasteiger partial charge in [-0.15, -0.1) is 0 Å². The van der Waals surface area contributed by atoms with Crippen LogP contribution in [-0.2, 0) is 9.59 Å². The molecule has 3 N–H and O–H groups in total. The molecule has 0 radical (unpaired) electrons. The second-order valence-corrected chi connectivity index (χ2v) is 3.96. The molecule has 0 aromatic heterocycles. The Bertz CT molecular complexity index is 239. The fourth-order valence-corrected chi connectivity index (χ4v) is 0.883. The minimum Gasteiger partial charge on any atom is -0.355 e. The number of carbonyl (C=O) groups is 2. The number of rotatable bonds is 5. The maximum absolute atomic E-state index is 11.7. The van der Waals surface area contributed by atoms with Crippen LogP contribution in [0.5, 0.6) is 0 Å². The second-order valence-electron chi connectivity index (χ2n) is 3.96. The van der Waals surface area contributed by atoms with E-state index in [4.69, 9.17) is 0 Å². The first-order valence-corrected chi connectivity index (χ1v) is 5.12. The zero-order valence-corrected chi connectivity index (χ0v) is 10.1. The van der Waals surface area contributed by atoms with Crippen LogP contribution < -0.4 is 16.0 Å². The van der Waals surface area contributed by atoms with Gasteiger partial charge in [0.2, 0.25) is 11.8 Å². The number of carbonyl (C=O) groups excluding carboxylic acids is 2. The molecule has 1 unspecified atom stereocenters. The SMILES string of the molecule is CCNC(=O)C(C)NC(=O)C(C)(C)NC. The maximum Gasteiger partial charge on any atom is 0.242 e. The lowest BCUT2D eigenvalue weighted by Crippen LogP contribution is -2.56. The first-order chi connectivity index (χ1) is 6.85. The normalized spacial score (nSPS) is 13.1. The lowest BCUT2D eigenvalue weighted by molar-refractivity contribution is -0.131. The summed E-state index contributed by atoms with van der Waals surface area (Å²) in [4.78, 5) is 23.0. The summed E-state index contributed by atoms with van der Waals surface area (Å²) in [6, 6.07) is -0.509. The van der Waals surface area contributed by atoms with Crippen LogP contribution in [-0.4, -0.2) is 37.0 Å². The van der Waals surface area contributed by atoms with Crippen molar-refractivity contribution in [3.63, 3.8) is 0 Å². The summed E-state index contributed by atoms with van der Waals surface area (Å²) in [5.74, 6) is -0.360. The molecule has 1 atom stereocenters. The summed E-state index contributed by atoms with van der Waals surface area (Å²) < 4.78 is 0. The van der Waals surface area contributed by atoms with Crippen LogP contribution in [0.4, 0.5) is 0 Å². The minimum absolute atomic E-state index is 0.169. The van der Waals surface area contributed by atoms with E-state index >= 15 is 0 Å². The van der Waals surface area contributed by atoms with Gasteiger partial charge in [-0.3, -0.25) is 9.59 Å². The van der Waals surface area contributed by atoms with Crippen molar-refractivity contribution < 1.29 is 9.59 Å². The summed E-state index contributed by atoms with van der Waals surface area (Å²) in [6.07, 6.45) is 0. The van der Waals surface area contributed by atoms with Crippen LogP contribution >= 0.6 is 0 Å². The van der Waals surface area contributed by atoms with Crippen molar-refractivity contribution in [3.05, 3.63) is 0 Å². The highest BCUT2D eigenvalue weighted by Gasteiger charge is 2.27. The number of hydrogen-bond donors (Lipinski definition) is 3. The molecule has 0 saturated heterocycles. The maximum atomic E-state index is 11.7. The Hall–Kier alpha value is -1.10. The van der Waals surface area contributed by atoms with E-state index in [2.05, 4.69) is 16.0 Å². The average molecular weight is 215 g/mol. The molecule has 0 aromatic carbocycles. The highest BCUT2D eigenvalue weighted by molar-refractivity contribution is 5.91. The molecular weight excluding hydrogens is 194 g/mol. The topological polar surface area (TPSA) is 70.2 Å². The molecule has 0 bridgehead atoms. The zero-order chi connectivity index (χ0) is 12.1. The molecular formula is C10H21N3O2. The van der Waals surface area contributed by atoms with Crippen molar-refractivity contribution in [2.24, 2.45) is 0 Å². The van der Waals surface area contributed by atoms with Gasteiger partial charge >= 0.3 is 0 Å². The van der Waals surface area contributed by atoms with Crippen LogP contribution in [0.3, 0.4) is 0 Å². The Morgan fingerprint density at radius 2 is 1.87 bits per heavy atom. The molecule has 0 heterocycles. The largest absolute Gasteiger partial charge is 0.355 e. The third kappa shape index (κ3) is 4.29. The fraction of sp³-hybridized carbons (Fsp3) is 0.800. The lowest BCUT2D eigenvalue weighted by Gasteiger charge is -2.24. The molecule has 0 aliphatic heterocycles. The minimum atomic E-state index is -0.666. The van der Waals surface area contributed by atoms with Gasteiger partial charge < -0.3 is 16.0 Å². The van der Waals surface area contributed by atoms with Crippen LogP contribution in [0, 0.1) is 0 Å². The van der Waals surface area contributed by atoms with Gasteiger partial charge in [-0.2, -0.15) is 0 Å². The smallest absolute Gasteiger partial charge is 0.242 e. The van der Waals surface area contributed by atoms with E-state index in [1.807, 2.05) is 6.92 Å². The van der Waals surface area contributed by atoms with Gasteiger partial charge in [0.15, 0.2) is 0 Å². The van der Waals surface area contributed by atoms with E-state index in [1.54, 1.807) is 27.8 Å². The van der Waals surface area contributed by atoms with Crippen LogP contribution in [0.2, 0.25) is 0 Å². The number of likely N-dealkylation sites (N-methyl/N-ethyl adjacent to an activating group) is 2. The monoisotopic (exact) mass is 215 g/mol. The highest BCUT2D eigenvalue weighted by atomic mass is 16.2. The molecule has 0 saturated carbocycles. The molecule has 15 heavy (non-hydrogen) atoms. The van der Waals surface area contributed by atoms with E-state index in [9.17, 15) is 9.59 Å². The summed E-state index contributed by atoms with van der Waals surface area (Å²) in [6.45, 7) is 7.58. The second kappa shape index (κ2) is 5.70. The molecule has 2 amide bonds. The Labute approximate surface area is 91.0 Å². The quantitative estimate of drug-likeness (QED) is 0.586. The molecule has 0 spiro atoms. The summed E-state index contributed by atoms with van der Waals surface area (Å²) >= 11 is 0. The number of amides is 2. The third-order valence-electron chi connectivity index (χ3n) is 2.28. The molecule has 5 heteroatoms.